The second kappa shape index (κ2) is 7.82. The number of aliphatic carboxylic acids is 1. The summed E-state index contributed by atoms with van der Waals surface area (Å²) in [4.78, 5) is 11.7. The summed E-state index contributed by atoms with van der Waals surface area (Å²) in [7, 11) is 0. The third-order valence-electron chi connectivity index (χ3n) is 3.93. The second-order valence-electron chi connectivity index (χ2n) is 5.95. The second-order valence-corrected chi connectivity index (χ2v) is 5.95. The Morgan fingerprint density at radius 1 is 1.13 bits per heavy atom. The summed E-state index contributed by atoms with van der Waals surface area (Å²) >= 11 is 0. The topological polar surface area (TPSA) is 46.5 Å². The maximum Gasteiger partial charge on any atom is 0.311 e. The van der Waals surface area contributed by atoms with Crippen LogP contribution in [0.3, 0.4) is 0 Å². The molecule has 0 aliphatic rings. The fraction of sp³-hybridized carbons (Fsp3) is 0.350. The summed E-state index contributed by atoms with van der Waals surface area (Å²) in [5.41, 5.74) is 4.06. The van der Waals surface area contributed by atoms with Crippen molar-refractivity contribution < 1.29 is 14.6 Å². The van der Waals surface area contributed by atoms with Crippen LogP contribution < -0.4 is 4.74 Å². The molecule has 0 aromatic heterocycles. The van der Waals surface area contributed by atoms with Crippen molar-refractivity contribution in [3.63, 3.8) is 0 Å². The quantitative estimate of drug-likeness (QED) is 0.818. The van der Waals surface area contributed by atoms with E-state index in [2.05, 4.69) is 6.92 Å². The number of hydrogen-bond acceptors (Lipinski definition) is 2. The van der Waals surface area contributed by atoms with Gasteiger partial charge >= 0.3 is 5.97 Å². The summed E-state index contributed by atoms with van der Waals surface area (Å²) in [5.74, 6) is -0.490. The van der Waals surface area contributed by atoms with Crippen LogP contribution in [-0.4, -0.2) is 17.7 Å². The molecule has 23 heavy (non-hydrogen) atoms. The van der Waals surface area contributed by atoms with Crippen molar-refractivity contribution in [2.45, 2.75) is 39.5 Å². The van der Waals surface area contributed by atoms with Crippen LogP contribution in [0.4, 0.5) is 0 Å². The molecule has 1 N–H and O–H groups in total. The summed E-state index contributed by atoms with van der Waals surface area (Å²) in [6.07, 6.45) is 1.45. The van der Waals surface area contributed by atoms with Gasteiger partial charge in [-0.3, -0.25) is 4.79 Å². The molecule has 122 valence electrons. The Kier molecular flexibility index (Phi) is 5.80. The molecule has 2 aromatic carbocycles. The van der Waals surface area contributed by atoms with E-state index in [0.717, 1.165) is 34.4 Å². The zero-order valence-corrected chi connectivity index (χ0v) is 14.0. The molecule has 3 heteroatoms. The van der Waals surface area contributed by atoms with Gasteiger partial charge in [-0.05, 0) is 55.5 Å². The molecule has 0 spiro atoms. The highest BCUT2D eigenvalue weighted by Crippen LogP contribution is 2.26. The van der Waals surface area contributed by atoms with Gasteiger partial charge in [-0.15, -0.1) is 0 Å². The Hall–Kier alpha value is -2.29. The number of aryl methyl sites for hydroxylation is 2. The summed E-state index contributed by atoms with van der Waals surface area (Å²) in [5, 5.41) is 9.63. The lowest BCUT2D eigenvalue weighted by Gasteiger charge is -2.16. The fourth-order valence-electron chi connectivity index (χ4n) is 2.72. The number of carbonyl (C=O) groups is 1. The maximum atomic E-state index is 11.7. The van der Waals surface area contributed by atoms with Crippen molar-refractivity contribution >= 4 is 5.97 Å². The van der Waals surface area contributed by atoms with E-state index in [4.69, 9.17) is 4.74 Å². The molecule has 2 rings (SSSR count). The van der Waals surface area contributed by atoms with Gasteiger partial charge in [0.05, 0.1) is 12.5 Å². The number of carboxylic acid groups (broad SMARTS) is 1. The predicted octanol–water partition coefficient (Wildman–Crippen LogP) is 4.50. The predicted molar refractivity (Wildman–Crippen MR) is 92.2 cm³/mol. The number of ether oxygens (including phenoxy) is 1. The van der Waals surface area contributed by atoms with Crippen molar-refractivity contribution in [1.82, 2.24) is 0 Å². The van der Waals surface area contributed by atoms with E-state index in [1.54, 1.807) is 0 Å². The van der Waals surface area contributed by atoms with Gasteiger partial charge in [-0.2, -0.15) is 0 Å². The SMILES string of the molecule is CCCOc1ccc(CC(C(=O)O)c2ccc(C)cc2C)cc1. The van der Waals surface area contributed by atoms with Crippen LogP contribution in [0, 0.1) is 13.8 Å². The van der Waals surface area contributed by atoms with Gasteiger partial charge in [0.2, 0.25) is 0 Å². The molecule has 0 saturated heterocycles. The maximum absolute atomic E-state index is 11.7. The molecule has 0 radical (unpaired) electrons. The standard InChI is InChI=1S/C20H24O3/c1-4-11-23-17-8-6-16(7-9-17)13-19(20(21)22)18-10-5-14(2)12-15(18)3/h5-10,12,19H,4,11,13H2,1-3H3,(H,21,22). The molecule has 1 unspecified atom stereocenters. The van der Waals surface area contributed by atoms with Crippen LogP contribution in [0.25, 0.3) is 0 Å². The molecule has 0 aliphatic carbocycles. The summed E-state index contributed by atoms with van der Waals surface area (Å²) < 4.78 is 5.56. The molecule has 0 aliphatic heterocycles. The van der Waals surface area contributed by atoms with E-state index < -0.39 is 11.9 Å². The number of carboxylic acids is 1. The zero-order chi connectivity index (χ0) is 16.8. The minimum absolute atomic E-state index is 0.479. The summed E-state index contributed by atoms with van der Waals surface area (Å²) in [6, 6.07) is 13.7. The normalized spacial score (nSPS) is 12.0. The van der Waals surface area contributed by atoms with Crippen molar-refractivity contribution in [3.8, 4) is 5.75 Å². The van der Waals surface area contributed by atoms with Crippen molar-refractivity contribution in [2.24, 2.45) is 0 Å². The number of hydrogen-bond donors (Lipinski definition) is 1. The molecule has 3 nitrogen and oxygen atoms in total. The van der Waals surface area contributed by atoms with E-state index in [-0.39, 0.29) is 0 Å². The average Bonchev–Trinajstić information content (AvgIpc) is 2.52. The van der Waals surface area contributed by atoms with Crippen LogP contribution in [-0.2, 0) is 11.2 Å². The molecule has 0 bridgehead atoms. The Labute approximate surface area is 137 Å². The first-order chi connectivity index (χ1) is 11.0. The van der Waals surface area contributed by atoms with Crippen molar-refractivity contribution in [3.05, 3.63) is 64.7 Å². The van der Waals surface area contributed by atoms with Gasteiger partial charge in [-0.1, -0.05) is 42.8 Å². The lowest BCUT2D eigenvalue weighted by molar-refractivity contribution is -0.138. The van der Waals surface area contributed by atoms with Crippen LogP contribution >= 0.6 is 0 Å². The van der Waals surface area contributed by atoms with E-state index >= 15 is 0 Å². The van der Waals surface area contributed by atoms with E-state index in [0.29, 0.717) is 13.0 Å². The molecular formula is C20H24O3. The Balaban J connectivity index is 2.18. The van der Waals surface area contributed by atoms with Gasteiger partial charge in [0.15, 0.2) is 0 Å². The van der Waals surface area contributed by atoms with Gasteiger partial charge in [0, 0.05) is 0 Å². The van der Waals surface area contributed by atoms with Gasteiger partial charge in [-0.25, -0.2) is 0 Å². The van der Waals surface area contributed by atoms with Crippen LogP contribution in [0.2, 0.25) is 0 Å². The molecule has 0 fully saturated rings. The first kappa shape index (κ1) is 17.1. The van der Waals surface area contributed by atoms with Crippen LogP contribution in [0.5, 0.6) is 5.75 Å². The fourth-order valence-corrected chi connectivity index (χ4v) is 2.72. The molecule has 2 aromatic rings. The van der Waals surface area contributed by atoms with Crippen LogP contribution in [0.15, 0.2) is 42.5 Å². The highest BCUT2D eigenvalue weighted by molar-refractivity contribution is 5.77. The smallest absolute Gasteiger partial charge is 0.311 e. The number of benzene rings is 2. The van der Waals surface area contributed by atoms with Crippen molar-refractivity contribution in [1.29, 1.82) is 0 Å². The lowest BCUT2D eigenvalue weighted by Crippen LogP contribution is -2.15. The molecule has 0 heterocycles. The van der Waals surface area contributed by atoms with Gasteiger partial charge < -0.3 is 9.84 Å². The highest BCUT2D eigenvalue weighted by atomic mass is 16.5. The first-order valence-electron chi connectivity index (χ1n) is 8.03. The van der Waals surface area contributed by atoms with Gasteiger partial charge in [0.1, 0.15) is 5.75 Å². The van der Waals surface area contributed by atoms with E-state index in [9.17, 15) is 9.90 Å². The van der Waals surface area contributed by atoms with Gasteiger partial charge in [0.25, 0.3) is 0 Å². The third-order valence-corrected chi connectivity index (χ3v) is 3.93. The van der Waals surface area contributed by atoms with Crippen LogP contribution in [0.1, 0.15) is 41.5 Å². The molecule has 0 saturated carbocycles. The minimum atomic E-state index is -0.789. The van der Waals surface area contributed by atoms with Crippen molar-refractivity contribution in [2.75, 3.05) is 6.61 Å². The Bertz CT molecular complexity index is 659. The average molecular weight is 312 g/mol. The largest absolute Gasteiger partial charge is 0.494 e. The first-order valence-corrected chi connectivity index (χ1v) is 8.03. The van der Waals surface area contributed by atoms with E-state index in [1.165, 1.54) is 0 Å². The third kappa shape index (κ3) is 4.59. The van der Waals surface area contributed by atoms with E-state index in [1.807, 2.05) is 56.3 Å². The monoisotopic (exact) mass is 312 g/mol. The highest BCUT2D eigenvalue weighted by Gasteiger charge is 2.22. The Morgan fingerprint density at radius 2 is 1.83 bits per heavy atom. The number of rotatable bonds is 7. The molecule has 0 amide bonds. The summed E-state index contributed by atoms with van der Waals surface area (Å²) in [6.45, 7) is 6.75. The molecule has 1 atom stereocenters. The zero-order valence-electron chi connectivity index (χ0n) is 14.0. The Morgan fingerprint density at radius 3 is 2.39 bits per heavy atom. The minimum Gasteiger partial charge on any atom is -0.494 e. The molecular weight excluding hydrogens is 288 g/mol. The lowest BCUT2D eigenvalue weighted by atomic mass is 9.88.